The average Bonchev–Trinajstić information content (AvgIpc) is 3.49. The van der Waals surface area contributed by atoms with Gasteiger partial charge in [-0.2, -0.15) is 0 Å². The number of hydrogen-bond donors (Lipinski definition) is 1. The minimum atomic E-state index is -4.84. The lowest BCUT2D eigenvalue weighted by Crippen LogP contribution is -2.49. The zero-order chi connectivity index (χ0) is 29.3. The molecule has 1 aliphatic heterocycles. The number of nitrogens with zero attached hydrogens (tertiary/aromatic N) is 3. The number of alkyl halides is 3. The molecule has 2 amide bonds. The fourth-order valence-corrected chi connectivity index (χ4v) is 6.02. The van der Waals surface area contributed by atoms with Crippen molar-refractivity contribution in [3.05, 3.63) is 88.1 Å². The van der Waals surface area contributed by atoms with Crippen LogP contribution in [0.1, 0.15) is 41.8 Å². The molecule has 5 rings (SSSR count). The van der Waals surface area contributed by atoms with E-state index >= 15 is 0 Å². The molecule has 41 heavy (non-hydrogen) atoms. The number of benzene rings is 2. The molecule has 2 aromatic carbocycles. The van der Waals surface area contributed by atoms with Gasteiger partial charge in [0.1, 0.15) is 5.75 Å². The van der Waals surface area contributed by atoms with E-state index in [1.165, 1.54) is 35.6 Å². The van der Waals surface area contributed by atoms with Crippen LogP contribution in [0.15, 0.2) is 60.7 Å². The maximum Gasteiger partial charge on any atom is 0.573 e. The second-order valence-corrected chi connectivity index (χ2v) is 10.9. The maximum atomic E-state index is 13.4. The first-order valence-corrected chi connectivity index (χ1v) is 13.7. The lowest BCUT2D eigenvalue weighted by molar-refractivity contribution is -0.274. The van der Waals surface area contributed by atoms with E-state index in [2.05, 4.69) is 4.74 Å². The Bertz CT molecular complexity index is 1590. The fourth-order valence-electron chi connectivity index (χ4n) is 4.99. The molecule has 0 unspecified atom stereocenters. The summed E-state index contributed by atoms with van der Waals surface area (Å²) in [5.41, 5.74) is 6.80. The van der Waals surface area contributed by atoms with Crippen molar-refractivity contribution in [3.8, 4) is 5.75 Å². The van der Waals surface area contributed by atoms with Crippen LogP contribution in [0.2, 0.25) is 0 Å². The molecule has 214 valence electrons. The number of halogens is 3. The van der Waals surface area contributed by atoms with Crippen LogP contribution in [-0.2, 0) is 6.54 Å². The Hall–Kier alpha value is -4.16. The second kappa shape index (κ2) is 11.4. The molecule has 1 saturated heterocycles. The van der Waals surface area contributed by atoms with Crippen molar-refractivity contribution < 1.29 is 32.3 Å². The lowest BCUT2D eigenvalue weighted by Gasteiger charge is -2.34. The van der Waals surface area contributed by atoms with Gasteiger partial charge in [0.05, 0.1) is 22.7 Å². The largest absolute Gasteiger partial charge is 0.573 e. The van der Waals surface area contributed by atoms with Gasteiger partial charge in [0, 0.05) is 43.1 Å². The zero-order valence-corrected chi connectivity index (χ0v) is 22.9. The topological polar surface area (TPSA) is 97.9 Å². The molecule has 1 aliphatic rings. The van der Waals surface area contributed by atoms with Gasteiger partial charge in [-0.05, 0) is 48.2 Å². The summed E-state index contributed by atoms with van der Waals surface area (Å²) in [6.07, 6.45) is -4.84. The fraction of sp³-hybridized carbons (Fsp3) is 0.276. The molecule has 0 radical (unpaired) electrons. The molecular weight excluding hydrogens is 557 g/mol. The molecule has 12 heteroatoms. The van der Waals surface area contributed by atoms with E-state index in [0.29, 0.717) is 42.3 Å². The number of amides is 2. The van der Waals surface area contributed by atoms with Crippen molar-refractivity contribution in [1.29, 1.82) is 0 Å². The smallest absolute Gasteiger partial charge is 0.406 e. The van der Waals surface area contributed by atoms with E-state index < -0.39 is 12.3 Å². The summed E-state index contributed by atoms with van der Waals surface area (Å²) >= 11 is 1.46. The number of fused-ring (bicyclic) bond motifs is 1. The van der Waals surface area contributed by atoms with Crippen LogP contribution in [0.3, 0.4) is 0 Å². The lowest BCUT2D eigenvalue weighted by atomic mass is 10.2. The normalized spacial score (nSPS) is 14.4. The number of carbonyl (C=O) groups excluding carboxylic acids is 3. The Kier molecular flexibility index (Phi) is 7.87. The van der Waals surface area contributed by atoms with Crippen molar-refractivity contribution in [2.75, 3.05) is 32.7 Å². The van der Waals surface area contributed by atoms with Gasteiger partial charge in [-0.15, -0.1) is 24.5 Å². The Morgan fingerprint density at radius 3 is 2.39 bits per heavy atom. The van der Waals surface area contributed by atoms with E-state index in [4.69, 9.17) is 5.73 Å². The monoisotopic (exact) mass is 584 g/mol. The number of hydrogen-bond acceptors (Lipinski definition) is 6. The predicted molar refractivity (Wildman–Crippen MR) is 148 cm³/mol. The van der Waals surface area contributed by atoms with E-state index in [1.807, 2.05) is 35.2 Å². The average molecular weight is 585 g/mol. The van der Waals surface area contributed by atoms with E-state index in [0.717, 1.165) is 10.1 Å². The SMILES string of the molecule is Cc1c(C(N)=O)cc(C(=O)CN2CCN(C(=O)c3cc4ccccc4s3)CC2)n1Cc1cccc(OC(F)(F)F)c1. The molecule has 4 aromatic rings. The molecule has 0 atom stereocenters. The van der Waals surface area contributed by atoms with Crippen LogP contribution in [0.25, 0.3) is 10.1 Å². The summed E-state index contributed by atoms with van der Waals surface area (Å²) in [5, 5.41) is 1.03. The molecule has 3 heterocycles. The van der Waals surface area contributed by atoms with Crippen molar-refractivity contribution in [2.45, 2.75) is 19.8 Å². The number of ketones is 1. The first kappa shape index (κ1) is 28.4. The number of ether oxygens (including phenoxy) is 1. The molecule has 0 spiro atoms. The van der Waals surface area contributed by atoms with Gasteiger partial charge in [0.25, 0.3) is 11.8 Å². The third kappa shape index (κ3) is 6.44. The molecule has 2 N–H and O–H groups in total. The third-order valence-corrected chi connectivity index (χ3v) is 8.16. The number of aromatic nitrogens is 1. The van der Waals surface area contributed by atoms with Gasteiger partial charge >= 0.3 is 6.36 Å². The number of primary amides is 1. The number of thiophene rings is 1. The highest BCUT2D eigenvalue weighted by atomic mass is 32.1. The van der Waals surface area contributed by atoms with Crippen LogP contribution >= 0.6 is 11.3 Å². The Morgan fingerprint density at radius 2 is 1.71 bits per heavy atom. The van der Waals surface area contributed by atoms with E-state index in [-0.39, 0.29) is 41.8 Å². The highest BCUT2D eigenvalue weighted by Gasteiger charge is 2.31. The maximum absolute atomic E-state index is 13.4. The molecule has 1 fully saturated rings. The summed E-state index contributed by atoms with van der Waals surface area (Å²) in [4.78, 5) is 42.9. The number of nitrogens with two attached hydrogens (primary N) is 1. The Balaban J connectivity index is 1.27. The van der Waals surface area contributed by atoms with Gasteiger partial charge in [-0.3, -0.25) is 19.3 Å². The summed E-state index contributed by atoms with van der Waals surface area (Å²) in [5.74, 6) is -1.40. The minimum Gasteiger partial charge on any atom is -0.406 e. The molecule has 0 saturated carbocycles. The molecular formula is C29H27F3N4O4S. The Labute approximate surface area is 237 Å². The number of Topliss-reactive ketones (excluding diaryl/α,β-unsaturated/α-hetero) is 1. The van der Waals surface area contributed by atoms with Crippen molar-refractivity contribution in [3.63, 3.8) is 0 Å². The van der Waals surface area contributed by atoms with Crippen LogP contribution in [0.5, 0.6) is 5.75 Å². The minimum absolute atomic E-state index is 0.0344. The van der Waals surface area contributed by atoms with Crippen LogP contribution in [0.4, 0.5) is 13.2 Å². The quantitative estimate of drug-likeness (QED) is 0.303. The summed E-state index contributed by atoms with van der Waals surface area (Å²) < 4.78 is 44.7. The summed E-state index contributed by atoms with van der Waals surface area (Å²) in [6.45, 7) is 3.60. The highest BCUT2D eigenvalue weighted by molar-refractivity contribution is 7.20. The van der Waals surface area contributed by atoms with Crippen LogP contribution < -0.4 is 10.5 Å². The standard InChI is InChI=1S/C29H27F3N4O4S/c1-18-22(27(33)38)15-23(36(18)16-19-5-4-7-21(13-19)40-29(30,31)32)24(37)17-34-9-11-35(12-10-34)28(39)26-14-20-6-2-3-8-25(20)41-26/h2-8,13-15H,9-12,16-17H2,1H3,(H2,33,38). The predicted octanol–water partition coefficient (Wildman–Crippen LogP) is 4.70. The number of rotatable bonds is 8. The Morgan fingerprint density at radius 1 is 0.976 bits per heavy atom. The van der Waals surface area contributed by atoms with Gasteiger partial charge in [-0.25, -0.2) is 0 Å². The van der Waals surface area contributed by atoms with Crippen molar-refractivity contribution in [2.24, 2.45) is 5.73 Å². The van der Waals surface area contributed by atoms with Crippen LogP contribution in [-0.4, -0.2) is 71.1 Å². The van der Waals surface area contributed by atoms with Crippen LogP contribution in [0, 0.1) is 6.92 Å². The first-order chi connectivity index (χ1) is 19.5. The van der Waals surface area contributed by atoms with Crippen molar-refractivity contribution in [1.82, 2.24) is 14.4 Å². The van der Waals surface area contributed by atoms with Gasteiger partial charge in [0.2, 0.25) is 0 Å². The van der Waals surface area contributed by atoms with Gasteiger partial charge in [-0.1, -0.05) is 30.3 Å². The van der Waals surface area contributed by atoms with Gasteiger partial charge in [0.15, 0.2) is 5.78 Å². The summed E-state index contributed by atoms with van der Waals surface area (Å²) in [7, 11) is 0. The number of carbonyl (C=O) groups is 3. The highest BCUT2D eigenvalue weighted by Crippen LogP contribution is 2.27. The van der Waals surface area contributed by atoms with E-state index in [9.17, 15) is 27.6 Å². The summed E-state index contributed by atoms with van der Waals surface area (Å²) in [6, 6.07) is 16.6. The molecule has 8 nitrogen and oxygen atoms in total. The van der Waals surface area contributed by atoms with Crippen molar-refractivity contribution >= 4 is 39.0 Å². The third-order valence-electron chi connectivity index (χ3n) is 7.05. The molecule has 2 aromatic heterocycles. The second-order valence-electron chi connectivity index (χ2n) is 9.81. The number of piperazine rings is 1. The zero-order valence-electron chi connectivity index (χ0n) is 22.1. The van der Waals surface area contributed by atoms with E-state index in [1.54, 1.807) is 22.5 Å². The van der Waals surface area contributed by atoms with Gasteiger partial charge < -0.3 is 19.9 Å². The molecule has 0 aliphatic carbocycles. The molecule has 0 bridgehead atoms. The first-order valence-electron chi connectivity index (χ1n) is 12.9.